The van der Waals surface area contributed by atoms with Gasteiger partial charge in [0.25, 0.3) is 11.8 Å². The van der Waals surface area contributed by atoms with E-state index in [1.807, 2.05) is 18.2 Å². The first-order valence-corrected chi connectivity index (χ1v) is 12.2. The highest BCUT2D eigenvalue weighted by Crippen LogP contribution is 2.29. The van der Waals surface area contributed by atoms with Crippen LogP contribution in [0.3, 0.4) is 0 Å². The predicted molar refractivity (Wildman–Crippen MR) is 120 cm³/mol. The van der Waals surface area contributed by atoms with Crippen molar-refractivity contribution >= 4 is 44.0 Å². The summed E-state index contributed by atoms with van der Waals surface area (Å²) in [7, 11) is -3.38. The van der Waals surface area contributed by atoms with Crippen LogP contribution in [0.15, 0.2) is 54.6 Å². The quantitative estimate of drug-likeness (QED) is 0.614. The molecule has 31 heavy (non-hydrogen) atoms. The van der Waals surface area contributed by atoms with E-state index < -0.39 is 10.0 Å². The number of benzene rings is 2. The summed E-state index contributed by atoms with van der Waals surface area (Å²) >= 11 is 1.36. The van der Waals surface area contributed by atoms with Crippen LogP contribution in [-0.2, 0) is 23.0 Å². The Morgan fingerprint density at radius 2 is 1.74 bits per heavy atom. The molecule has 160 valence electrons. The number of fused-ring (bicyclic) bond motifs is 1. The second-order valence-corrected chi connectivity index (χ2v) is 9.97. The Labute approximate surface area is 184 Å². The standard InChI is InChI=1S/C21H20N4O4S2/c1-31(28,29)24-16-9-7-14(8-10-16)19(26)23-21-22-17-11-12-25(13-18(17)30-21)20(27)15-5-3-2-4-6-15/h2-10,24H,11-13H2,1H3,(H,22,23,26). The molecular formula is C21H20N4O4S2. The van der Waals surface area contributed by atoms with E-state index in [1.54, 1.807) is 17.0 Å². The molecule has 1 aliphatic rings. The first-order valence-electron chi connectivity index (χ1n) is 9.50. The van der Waals surface area contributed by atoms with Crippen LogP contribution in [0, 0.1) is 0 Å². The monoisotopic (exact) mass is 456 g/mol. The lowest BCUT2D eigenvalue weighted by atomic mass is 10.1. The molecule has 0 spiro atoms. The van der Waals surface area contributed by atoms with Gasteiger partial charge >= 0.3 is 0 Å². The van der Waals surface area contributed by atoms with Gasteiger partial charge in [-0.05, 0) is 36.4 Å². The summed E-state index contributed by atoms with van der Waals surface area (Å²) in [6, 6.07) is 15.3. The molecule has 1 aromatic heterocycles. The number of aromatic nitrogens is 1. The minimum absolute atomic E-state index is 0.0203. The van der Waals surface area contributed by atoms with Crippen molar-refractivity contribution in [2.75, 3.05) is 22.8 Å². The van der Waals surface area contributed by atoms with Gasteiger partial charge in [-0.2, -0.15) is 0 Å². The highest BCUT2D eigenvalue weighted by Gasteiger charge is 2.25. The SMILES string of the molecule is CS(=O)(=O)Nc1ccc(C(=O)Nc2nc3c(s2)CN(C(=O)c2ccccc2)CC3)cc1. The van der Waals surface area contributed by atoms with Crippen LogP contribution >= 0.6 is 11.3 Å². The number of carbonyl (C=O) groups excluding carboxylic acids is 2. The van der Waals surface area contributed by atoms with E-state index in [4.69, 9.17) is 0 Å². The molecule has 3 aromatic rings. The van der Waals surface area contributed by atoms with Gasteiger partial charge in [-0.25, -0.2) is 13.4 Å². The maximum Gasteiger partial charge on any atom is 0.257 e. The largest absolute Gasteiger partial charge is 0.333 e. The van der Waals surface area contributed by atoms with Crippen LogP contribution in [0.1, 0.15) is 31.3 Å². The Bertz CT molecular complexity index is 1220. The Hall–Kier alpha value is -3.24. The topological polar surface area (TPSA) is 108 Å². The van der Waals surface area contributed by atoms with Crippen LogP contribution in [0.4, 0.5) is 10.8 Å². The smallest absolute Gasteiger partial charge is 0.257 e. The van der Waals surface area contributed by atoms with E-state index in [0.29, 0.717) is 41.5 Å². The lowest BCUT2D eigenvalue weighted by Gasteiger charge is -2.26. The second-order valence-electron chi connectivity index (χ2n) is 7.14. The van der Waals surface area contributed by atoms with Crippen molar-refractivity contribution in [1.29, 1.82) is 0 Å². The van der Waals surface area contributed by atoms with Crippen molar-refractivity contribution in [3.63, 3.8) is 0 Å². The van der Waals surface area contributed by atoms with Crippen molar-refractivity contribution in [2.45, 2.75) is 13.0 Å². The third-order valence-corrected chi connectivity index (χ3v) is 6.31. The van der Waals surface area contributed by atoms with Crippen LogP contribution in [-0.4, -0.2) is 42.9 Å². The zero-order chi connectivity index (χ0) is 22.0. The maximum atomic E-state index is 12.7. The normalized spacial score (nSPS) is 13.4. The van der Waals surface area contributed by atoms with Gasteiger partial charge in [0.1, 0.15) is 0 Å². The lowest BCUT2D eigenvalue weighted by molar-refractivity contribution is 0.0736. The fourth-order valence-corrected chi connectivity index (χ4v) is 4.84. The van der Waals surface area contributed by atoms with E-state index in [2.05, 4.69) is 15.0 Å². The van der Waals surface area contributed by atoms with Gasteiger partial charge < -0.3 is 4.90 Å². The molecule has 0 aliphatic carbocycles. The Morgan fingerprint density at radius 3 is 2.42 bits per heavy atom. The molecule has 0 radical (unpaired) electrons. The van der Waals surface area contributed by atoms with Gasteiger partial charge in [0, 0.05) is 34.7 Å². The molecule has 10 heteroatoms. The van der Waals surface area contributed by atoms with Crippen molar-refractivity contribution < 1.29 is 18.0 Å². The predicted octanol–water partition coefficient (Wildman–Crippen LogP) is 2.97. The molecule has 0 bridgehead atoms. The fourth-order valence-electron chi connectivity index (χ4n) is 3.26. The number of hydrogen-bond donors (Lipinski definition) is 2. The van der Waals surface area contributed by atoms with Crippen LogP contribution < -0.4 is 10.0 Å². The van der Waals surface area contributed by atoms with Crippen molar-refractivity contribution in [3.05, 3.63) is 76.3 Å². The van der Waals surface area contributed by atoms with Crippen LogP contribution in [0.25, 0.3) is 0 Å². The molecule has 8 nitrogen and oxygen atoms in total. The third kappa shape index (κ3) is 5.09. The average molecular weight is 457 g/mol. The number of nitrogens with zero attached hydrogens (tertiary/aromatic N) is 2. The van der Waals surface area contributed by atoms with Crippen molar-refractivity contribution in [2.24, 2.45) is 0 Å². The number of amides is 2. The van der Waals surface area contributed by atoms with Gasteiger partial charge in [0.15, 0.2) is 5.13 Å². The van der Waals surface area contributed by atoms with E-state index in [1.165, 1.54) is 35.6 Å². The third-order valence-electron chi connectivity index (χ3n) is 4.71. The summed E-state index contributed by atoms with van der Waals surface area (Å²) in [5.74, 6) is -0.359. The average Bonchev–Trinajstić information content (AvgIpc) is 3.14. The zero-order valence-electron chi connectivity index (χ0n) is 16.7. The summed E-state index contributed by atoms with van der Waals surface area (Å²) in [5.41, 5.74) is 2.31. The number of nitrogens with one attached hydrogen (secondary N) is 2. The van der Waals surface area contributed by atoms with Gasteiger partial charge in [-0.15, -0.1) is 0 Å². The molecule has 1 aliphatic heterocycles. The Balaban J connectivity index is 1.42. The van der Waals surface area contributed by atoms with E-state index in [0.717, 1.165) is 16.8 Å². The molecule has 0 atom stereocenters. The molecule has 4 rings (SSSR count). The summed E-state index contributed by atoms with van der Waals surface area (Å²) in [4.78, 5) is 32.5. The summed E-state index contributed by atoms with van der Waals surface area (Å²) in [6.45, 7) is 1.04. The molecule has 0 fully saturated rings. The number of anilines is 2. The minimum Gasteiger partial charge on any atom is -0.333 e. The van der Waals surface area contributed by atoms with Gasteiger partial charge in [-0.1, -0.05) is 29.5 Å². The van der Waals surface area contributed by atoms with E-state index in [9.17, 15) is 18.0 Å². The molecule has 0 saturated carbocycles. The molecule has 0 saturated heterocycles. The molecule has 2 aromatic carbocycles. The lowest BCUT2D eigenvalue weighted by Crippen LogP contribution is -2.35. The van der Waals surface area contributed by atoms with Crippen molar-refractivity contribution in [3.8, 4) is 0 Å². The first-order chi connectivity index (χ1) is 14.8. The fraction of sp³-hybridized carbons (Fsp3) is 0.190. The van der Waals surface area contributed by atoms with E-state index in [-0.39, 0.29) is 11.8 Å². The van der Waals surface area contributed by atoms with Gasteiger partial charge in [-0.3, -0.25) is 19.6 Å². The maximum absolute atomic E-state index is 12.7. The summed E-state index contributed by atoms with van der Waals surface area (Å²) < 4.78 is 24.9. The first kappa shape index (κ1) is 21.0. The molecule has 2 N–H and O–H groups in total. The summed E-state index contributed by atoms with van der Waals surface area (Å²) in [5, 5.41) is 3.26. The molecule has 2 amide bonds. The number of hydrogen-bond acceptors (Lipinski definition) is 6. The molecular weight excluding hydrogens is 436 g/mol. The Kier molecular flexibility index (Phi) is 5.75. The number of sulfonamides is 1. The molecule has 2 heterocycles. The van der Waals surface area contributed by atoms with Crippen LogP contribution in [0.5, 0.6) is 0 Å². The summed E-state index contributed by atoms with van der Waals surface area (Å²) in [6.07, 6.45) is 1.69. The second kappa shape index (κ2) is 8.48. The van der Waals surface area contributed by atoms with Gasteiger partial charge in [0.05, 0.1) is 18.5 Å². The number of rotatable bonds is 5. The highest BCUT2D eigenvalue weighted by atomic mass is 32.2. The zero-order valence-corrected chi connectivity index (χ0v) is 18.3. The van der Waals surface area contributed by atoms with Gasteiger partial charge in [0.2, 0.25) is 10.0 Å². The number of thiazole rings is 1. The van der Waals surface area contributed by atoms with Crippen molar-refractivity contribution in [1.82, 2.24) is 9.88 Å². The highest BCUT2D eigenvalue weighted by molar-refractivity contribution is 7.92. The Morgan fingerprint density at radius 1 is 1.03 bits per heavy atom. The van der Waals surface area contributed by atoms with E-state index >= 15 is 0 Å². The number of carbonyl (C=O) groups is 2. The minimum atomic E-state index is -3.38. The van der Waals surface area contributed by atoms with Crippen LogP contribution in [0.2, 0.25) is 0 Å². The molecule has 0 unspecified atom stereocenters.